The van der Waals surface area contributed by atoms with E-state index < -0.39 is 0 Å². The molecule has 2 rings (SSSR count). The molecule has 0 saturated carbocycles. The fraction of sp³-hybridized carbons (Fsp3) is 1.00. The average Bonchev–Trinajstić information content (AvgIpc) is 2.37. The fourth-order valence-electron chi connectivity index (χ4n) is 4.08. The van der Waals surface area contributed by atoms with Gasteiger partial charge in [0.1, 0.15) is 0 Å². The van der Waals surface area contributed by atoms with Crippen molar-refractivity contribution in [1.82, 2.24) is 9.80 Å². The van der Waals surface area contributed by atoms with Crippen LogP contribution in [0.5, 0.6) is 0 Å². The molecule has 0 aromatic rings. The van der Waals surface area contributed by atoms with Gasteiger partial charge < -0.3 is 10.6 Å². The second-order valence-electron chi connectivity index (χ2n) is 7.95. The van der Waals surface area contributed by atoms with Crippen LogP contribution in [-0.2, 0) is 0 Å². The average molecular weight is 300 g/mol. The molecular weight excluding hydrogens is 266 g/mol. The predicted octanol–water partition coefficient (Wildman–Crippen LogP) is 2.12. The van der Waals surface area contributed by atoms with Gasteiger partial charge in [0.05, 0.1) is 0 Å². The SMILES string of the molecule is CN(C)CC1CCN(C2(CN)CSCC(C)(C)C2)CC1. The van der Waals surface area contributed by atoms with Crippen molar-refractivity contribution in [3.8, 4) is 0 Å². The normalized spacial score (nSPS) is 32.7. The van der Waals surface area contributed by atoms with Crippen molar-refractivity contribution in [3.05, 3.63) is 0 Å². The Kier molecular flexibility index (Phi) is 5.44. The second kappa shape index (κ2) is 6.55. The van der Waals surface area contributed by atoms with Crippen molar-refractivity contribution in [1.29, 1.82) is 0 Å². The van der Waals surface area contributed by atoms with Gasteiger partial charge >= 0.3 is 0 Å². The summed E-state index contributed by atoms with van der Waals surface area (Å²) in [6.07, 6.45) is 3.94. The Labute approximate surface area is 129 Å². The van der Waals surface area contributed by atoms with E-state index in [1.807, 2.05) is 0 Å². The number of nitrogens with zero attached hydrogens (tertiary/aromatic N) is 2. The number of hydrogen-bond donors (Lipinski definition) is 1. The first kappa shape index (κ1) is 16.6. The molecule has 0 aromatic heterocycles. The van der Waals surface area contributed by atoms with Crippen LogP contribution in [0.15, 0.2) is 0 Å². The molecule has 0 radical (unpaired) electrons. The molecule has 4 heteroatoms. The van der Waals surface area contributed by atoms with Gasteiger partial charge in [-0.3, -0.25) is 4.90 Å². The van der Waals surface area contributed by atoms with E-state index >= 15 is 0 Å². The third-order valence-electron chi connectivity index (χ3n) is 4.96. The van der Waals surface area contributed by atoms with Gasteiger partial charge in [0.15, 0.2) is 0 Å². The third-order valence-corrected chi connectivity index (χ3v) is 6.69. The molecule has 20 heavy (non-hydrogen) atoms. The molecule has 2 heterocycles. The van der Waals surface area contributed by atoms with Gasteiger partial charge in [0, 0.05) is 24.4 Å². The zero-order chi connectivity index (χ0) is 14.8. The lowest BCUT2D eigenvalue weighted by molar-refractivity contribution is 0.0339. The molecule has 2 aliphatic heterocycles. The van der Waals surface area contributed by atoms with Crippen LogP contribution in [-0.4, -0.2) is 67.1 Å². The minimum Gasteiger partial charge on any atom is -0.329 e. The molecule has 2 fully saturated rings. The van der Waals surface area contributed by atoms with Crippen LogP contribution < -0.4 is 5.73 Å². The largest absolute Gasteiger partial charge is 0.329 e. The number of nitrogens with two attached hydrogens (primary N) is 1. The Hall–Kier alpha value is 0.230. The monoisotopic (exact) mass is 299 g/mol. The molecular formula is C16H33N3S. The summed E-state index contributed by atoms with van der Waals surface area (Å²) in [5, 5.41) is 0. The maximum absolute atomic E-state index is 6.24. The van der Waals surface area contributed by atoms with Gasteiger partial charge in [0.2, 0.25) is 0 Å². The van der Waals surface area contributed by atoms with E-state index in [9.17, 15) is 0 Å². The van der Waals surface area contributed by atoms with E-state index in [-0.39, 0.29) is 5.54 Å². The summed E-state index contributed by atoms with van der Waals surface area (Å²) in [6.45, 7) is 9.36. The van der Waals surface area contributed by atoms with Gasteiger partial charge in [0.25, 0.3) is 0 Å². The summed E-state index contributed by atoms with van der Waals surface area (Å²) in [5.74, 6) is 3.39. The Morgan fingerprint density at radius 3 is 2.35 bits per heavy atom. The molecule has 0 amide bonds. The summed E-state index contributed by atoms with van der Waals surface area (Å²) >= 11 is 2.11. The Balaban J connectivity index is 1.96. The van der Waals surface area contributed by atoms with Crippen LogP contribution in [0.1, 0.15) is 33.1 Å². The minimum atomic E-state index is 0.259. The van der Waals surface area contributed by atoms with Gasteiger partial charge in [-0.1, -0.05) is 13.8 Å². The van der Waals surface area contributed by atoms with Gasteiger partial charge in [-0.15, -0.1) is 0 Å². The number of piperidine rings is 1. The smallest absolute Gasteiger partial charge is 0.0427 e. The zero-order valence-corrected chi connectivity index (χ0v) is 14.6. The van der Waals surface area contributed by atoms with Crippen molar-refractivity contribution in [3.63, 3.8) is 0 Å². The van der Waals surface area contributed by atoms with Crippen LogP contribution in [0.2, 0.25) is 0 Å². The minimum absolute atomic E-state index is 0.259. The summed E-state index contributed by atoms with van der Waals surface area (Å²) in [4.78, 5) is 5.06. The van der Waals surface area contributed by atoms with Crippen LogP contribution in [0.3, 0.4) is 0 Å². The molecule has 0 aromatic carbocycles. The lowest BCUT2D eigenvalue weighted by Gasteiger charge is -2.52. The first-order valence-corrected chi connectivity index (χ1v) is 9.20. The van der Waals surface area contributed by atoms with E-state index in [2.05, 4.69) is 49.5 Å². The second-order valence-corrected chi connectivity index (χ2v) is 8.94. The first-order chi connectivity index (χ1) is 9.37. The Morgan fingerprint density at radius 1 is 1.20 bits per heavy atom. The standard InChI is InChI=1S/C16H33N3S/c1-15(2)10-16(11-17,13-20-12-15)19-7-5-14(6-8-19)9-18(3)4/h14H,5-13,17H2,1-4H3. The zero-order valence-electron chi connectivity index (χ0n) is 13.8. The number of rotatable bonds is 4. The molecule has 3 nitrogen and oxygen atoms in total. The molecule has 2 saturated heterocycles. The lowest BCUT2D eigenvalue weighted by Crippen LogP contribution is -2.61. The number of likely N-dealkylation sites (tertiary alicyclic amines) is 1. The van der Waals surface area contributed by atoms with Crippen LogP contribution in [0.4, 0.5) is 0 Å². The first-order valence-electron chi connectivity index (χ1n) is 8.04. The van der Waals surface area contributed by atoms with Crippen molar-refractivity contribution in [2.45, 2.75) is 38.6 Å². The molecule has 1 unspecified atom stereocenters. The molecule has 118 valence electrons. The highest BCUT2D eigenvalue weighted by molar-refractivity contribution is 7.99. The highest BCUT2D eigenvalue weighted by Crippen LogP contribution is 2.42. The quantitative estimate of drug-likeness (QED) is 0.862. The van der Waals surface area contributed by atoms with E-state index in [0.717, 1.165) is 12.5 Å². The van der Waals surface area contributed by atoms with Crippen LogP contribution in [0.25, 0.3) is 0 Å². The van der Waals surface area contributed by atoms with Crippen molar-refractivity contribution in [2.24, 2.45) is 17.1 Å². The van der Waals surface area contributed by atoms with E-state index in [0.29, 0.717) is 5.41 Å². The van der Waals surface area contributed by atoms with Gasteiger partial charge in [-0.05, 0) is 63.5 Å². The third kappa shape index (κ3) is 3.90. The van der Waals surface area contributed by atoms with E-state index in [4.69, 9.17) is 5.73 Å². The number of thioether (sulfide) groups is 1. The fourth-order valence-corrected chi connectivity index (χ4v) is 5.62. The predicted molar refractivity (Wildman–Crippen MR) is 90.4 cm³/mol. The molecule has 1 atom stereocenters. The molecule has 0 spiro atoms. The maximum atomic E-state index is 6.24. The van der Waals surface area contributed by atoms with Crippen molar-refractivity contribution >= 4 is 11.8 Å². The summed E-state index contributed by atoms with van der Waals surface area (Å²) in [7, 11) is 4.38. The van der Waals surface area contributed by atoms with Crippen LogP contribution >= 0.6 is 11.8 Å². The summed E-state index contributed by atoms with van der Waals surface area (Å²) < 4.78 is 0. The lowest BCUT2D eigenvalue weighted by atomic mass is 9.77. The van der Waals surface area contributed by atoms with E-state index in [1.54, 1.807) is 0 Å². The highest BCUT2D eigenvalue weighted by Gasteiger charge is 2.44. The maximum Gasteiger partial charge on any atom is 0.0427 e. The number of hydrogen-bond acceptors (Lipinski definition) is 4. The molecule has 0 bridgehead atoms. The molecule has 0 aliphatic carbocycles. The van der Waals surface area contributed by atoms with Crippen LogP contribution in [0, 0.1) is 11.3 Å². The topological polar surface area (TPSA) is 32.5 Å². The Bertz CT molecular complexity index is 311. The summed E-state index contributed by atoms with van der Waals surface area (Å²) in [5.41, 5.74) is 6.94. The van der Waals surface area contributed by atoms with Gasteiger partial charge in [-0.2, -0.15) is 11.8 Å². The van der Waals surface area contributed by atoms with Crippen molar-refractivity contribution < 1.29 is 0 Å². The molecule has 2 N–H and O–H groups in total. The molecule has 2 aliphatic rings. The van der Waals surface area contributed by atoms with E-state index in [1.165, 1.54) is 50.4 Å². The Morgan fingerprint density at radius 2 is 1.85 bits per heavy atom. The van der Waals surface area contributed by atoms with Gasteiger partial charge in [-0.25, -0.2) is 0 Å². The van der Waals surface area contributed by atoms with Crippen molar-refractivity contribution in [2.75, 3.05) is 51.8 Å². The summed E-state index contributed by atoms with van der Waals surface area (Å²) in [6, 6.07) is 0. The highest BCUT2D eigenvalue weighted by atomic mass is 32.2.